The summed E-state index contributed by atoms with van der Waals surface area (Å²) < 4.78 is 6.71. The number of rotatable bonds is 2. The van der Waals surface area contributed by atoms with Crippen molar-refractivity contribution < 1.29 is 9.84 Å². The quantitative estimate of drug-likeness (QED) is 0.864. The molecule has 3 N–H and O–H groups in total. The molecule has 1 aromatic heterocycles. The first-order valence-corrected chi connectivity index (χ1v) is 7.07. The highest BCUT2D eigenvalue weighted by molar-refractivity contribution is 9.10. The van der Waals surface area contributed by atoms with Gasteiger partial charge in [0, 0.05) is 13.1 Å². The number of ether oxygens (including phenoxy) is 1. The van der Waals surface area contributed by atoms with Crippen LogP contribution in [0.1, 0.15) is 19.4 Å². The lowest BCUT2D eigenvalue weighted by Crippen LogP contribution is -2.54. The highest BCUT2D eigenvalue weighted by Gasteiger charge is 2.34. The molecule has 2 heterocycles. The maximum absolute atomic E-state index is 9.35. The van der Waals surface area contributed by atoms with Crippen molar-refractivity contribution in [3.63, 3.8) is 0 Å². The Morgan fingerprint density at radius 3 is 2.95 bits per heavy atom. The van der Waals surface area contributed by atoms with Crippen LogP contribution < -0.4 is 10.6 Å². The average Bonchev–Trinajstić information content (AvgIpc) is 2.34. The molecule has 19 heavy (non-hydrogen) atoms. The molecule has 1 aliphatic rings. The summed E-state index contributed by atoms with van der Waals surface area (Å²) in [5.41, 5.74) is 7.18. The van der Waals surface area contributed by atoms with Gasteiger partial charge in [-0.2, -0.15) is 0 Å². The van der Waals surface area contributed by atoms with Crippen molar-refractivity contribution in [1.29, 1.82) is 0 Å². The molecular weight excluding hydrogens is 310 g/mol. The van der Waals surface area contributed by atoms with Crippen LogP contribution in [0.5, 0.6) is 0 Å². The number of aliphatic hydroxyl groups excluding tert-OH is 1. The lowest BCUT2D eigenvalue weighted by Gasteiger charge is -2.43. The number of nitrogens with two attached hydrogens (primary N) is 1. The normalized spacial score (nSPS) is 22.6. The molecule has 1 fully saturated rings. The Balaban J connectivity index is 2.33. The molecule has 0 amide bonds. The fraction of sp³-hybridized carbons (Fsp3) is 0.615. The van der Waals surface area contributed by atoms with E-state index in [0.717, 1.165) is 22.4 Å². The van der Waals surface area contributed by atoms with E-state index in [0.29, 0.717) is 12.2 Å². The molecule has 1 aliphatic heterocycles. The van der Waals surface area contributed by atoms with E-state index in [1.165, 1.54) is 0 Å². The molecule has 1 unspecified atom stereocenters. The van der Waals surface area contributed by atoms with Crippen molar-refractivity contribution in [2.45, 2.75) is 32.5 Å². The van der Waals surface area contributed by atoms with Crippen LogP contribution in [-0.4, -0.2) is 41.5 Å². The maximum Gasteiger partial charge on any atom is 0.143 e. The van der Waals surface area contributed by atoms with Gasteiger partial charge in [0.25, 0.3) is 0 Å². The van der Waals surface area contributed by atoms with E-state index in [-0.39, 0.29) is 18.3 Å². The van der Waals surface area contributed by atoms with Crippen molar-refractivity contribution >= 4 is 27.4 Å². The third-order valence-electron chi connectivity index (χ3n) is 3.27. The van der Waals surface area contributed by atoms with E-state index >= 15 is 0 Å². The number of morpholine rings is 1. The zero-order chi connectivity index (χ0) is 14.2. The summed E-state index contributed by atoms with van der Waals surface area (Å²) >= 11 is 3.56. The summed E-state index contributed by atoms with van der Waals surface area (Å²) in [6, 6.07) is 0. The monoisotopic (exact) mass is 329 g/mol. The lowest BCUT2D eigenvalue weighted by molar-refractivity contribution is -0.101. The zero-order valence-electron chi connectivity index (χ0n) is 11.5. The van der Waals surface area contributed by atoms with Gasteiger partial charge in [-0.25, -0.2) is 4.98 Å². The standard InChI is InChI=1S/C13H20BrN3O2/c1-8-10(15)4-16-12(11(8)14)17-5-9(6-18)19-13(2,3)7-17/h4,9,18H,5-7,15H2,1-3H3. The van der Waals surface area contributed by atoms with Crippen LogP contribution in [0.3, 0.4) is 0 Å². The van der Waals surface area contributed by atoms with E-state index in [1.807, 2.05) is 20.8 Å². The van der Waals surface area contributed by atoms with Crippen LogP contribution in [0, 0.1) is 6.92 Å². The highest BCUT2D eigenvalue weighted by atomic mass is 79.9. The first-order valence-electron chi connectivity index (χ1n) is 6.28. The number of hydrogen-bond acceptors (Lipinski definition) is 5. The Morgan fingerprint density at radius 2 is 2.32 bits per heavy atom. The summed E-state index contributed by atoms with van der Waals surface area (Å²) in [5, 5.41) is 9.35. The number of aliphatic hydroxyl groups is 1. The highest BCUT2D eigenvalue weighted by Crippen LogP contribution is 2.33. The third kappa shape index (κ3) is 3.01. The molecule has 0 radical (unpaired) electrons. The van der Waals surface area contributed by atoms with Crippen LogP contribution >= 0.6 is 15.9 Å². The van der Waals surface area contributed by atoms with Gasteiger partial charge < -0.3 is 20.5 Å². The molecule has 0 bridgehead atoms. The molecule has 1 aromatic rings. The molecule has 0 spiro atoms. The lowest BCUT2D eigenvalue weighted by atomic mass is 10.1. The van der Waals surface area contributed by atoms with Gasteiger partial charge in [-0.15, -0.1) is 0 Å². The molecule has 2 rings (SSSR count). The van der Waals surface area contributed by atoms with Gasteiger partial charge in [0.05, 0.1) is 34.7 Å². The van der Waals surface area contributed by atoms with Gasteiger partial charge in [-0.3, -0.25) is 0 Å². The Labute approximate surface area is 121 Å². The van der Waals surface area contributed by atoms with Crippen LogP contribution in [-0.2, 0) is 4.74 Å². The number of halogens is 1. The fourth-order valence-electron chi connectivity index (χ4n) is 2.35. The smallest absolute Gasteiger partial charge is 0.143 e. The summed E-state index contributed by atoms with van der Waals surface area (Å²) in [7, 11) is 0. The second kappa shape index (κ2) is 5.26. The Kier molecular flexibility index (Phi) is 4.03. The second-order valence-electron chi connectivity index (χ2n) is 5.54. The number of hydrogen-bond donors (Lipinski definition) is 2. The minimum absolute atomic E-state index is 0.00546. The molecule has 0 saturated carbocycles. The summed E-state index contributed by atoms with van der Waals surface area (Å²) in [5.74, 6) is 0.849. The predicted molar refractivity (Wildman–Crippen MR) is 79.3 cm³/mol. The van der Waals surface area contributed by atoms with Crippen LogP contribution in [0.25, 0.3) is 0 Å². The SMILES string of the molecule is Cc1c(N)cnc(N2CC(CO)OC(C)(C)C2)c1Br. The largest absolute Gasteiger partial charge is 0.397 e. The summed E-state index contributed by atoms with van der Waals surface area (Å²) in [6.07, 6.45) is 1.47. The summed E-state index contributed by atoms with van der Waals surface area (Å²) in [4.78, 5) is 6.54. The minimum atomic E-state index is -0.317. The molecule has 1 saturated heterocycles. The maximum atomic E-state index is 9.35. The van der Waals surface area contributed by atoms with E-state index < -0.39 is 0 Å². The van der Waals surface area contributed by atoms with E-state index in [9.17, 15) is 5.11 Å². The molecule has 0 aromatic carbocycles. The van der Waals surface area contributed by atoms with E-state index in [2.05, 4.69) is 25.8 Å². The molecule has 6 heteroatoms. The van der Waals surface area contributed by atoms with Crippen molar-refractivity contribution in [2.24, 2.45) is 0 Å². The average molecular weight is 330 g/mol. The fourth-order valence-corrected chi connectivity index (χ4v) is 2.93. The van der Waals surface area contributed by atoms with Gasteiger partial charge in [-0.05, 0) is 42.3 Å². The number of nitrogen functional groups attached to an aromatic ring is 1. The predicted octanol–water partition coefficient (Wildman–Crippen LogP) is 1.71. The molecule has 106 valence electrons. The van der Waals surface area contributed by atoms with Crippen molar-refractivity contribution in [3.05, 3.63) is 16.2 Å². The van der Waals surface area contributed by atoms with Gasteiger partial charge in [0.1, 0.15) is 5.82 Å². The van der Waals surface area contributed by atoms with Gasteiger partial charge >= 0.3 is 0 Å². The van der Waals surface area contributed by atoms with E-state index in [1.54, 1.807) is 6.20 Å². The topological polar surface area (TPSA) is 71.6 Å². The number of anilines is 2. The molecule has 5 nitrogen and oxygen atoms in total. The first kappa shape index (κ1) is 14.6. The number of nitrogens with zero attached hydrogens (tertiary/aromatic N) is 2. The third-order valence-corrected chi connectivity index (χ3v) is 4.22. The minimum Gasteiger partial charge on any atom is -0.397 e. The van der Waals surface area contributed by atoms with Crippen LogP contribution in [0.15, 0.2) is 10.7 Å². The Hall–Kier alpha value is -0.850. The number of pyridine rings is 1. The van der Waals surface area contributed by atoms with Crippen molar-refractivity contribution in [1.82, 2.24) is 4.98 Å². The zero-order valence-corrected chi connectivity index (χ0v) is 13.1. The second-order valence-corrected chi connectivity index (χ2v) is 6.33. The Bertz CT molecular complexity index is 479. The molecule has 0 aliphatic carbocycles. The first-order chi connectivity index (χ1) is 8.84. The Morgan fingerprint density at radius 1 is 1.63 bits per heavy atom. The molecule has 1 atom stereocenters. The molecular formula is C13H20BrN3O2. The van der Waals surface area contributed by atoms with E-state index in [4.69, 9.17) is 10.5 Å². The van der Waals surface area contributed by atoms with Gasteiger partial charge in [0.2, 0.25) is 0 Å². The van der Waals surface area contributed by atoms with Crippen molar-refractivity contribution in [2.75, 3.05) is 30.3 Å². The van der Waals surface area contributed by atoms with Crippen LogP contribution in [0.4, 0.5) is 11.5 Å². The number of aromatic nitrogens is 1. The van der Waals surface area contributed by atoms with Gasteiger partial charge in [0.15, 0.2) is 0 Å². The van der Waals surface area contributed by atoms with Crippen molar-refractivity contribution in [3.8, 4) is 0 Å². The summed E-state index contributed by atoms with van der Waals surface area (Å²) in [6.45, 7) is 7.33. The van der Waals surface area contributed by atoms with Crippen LogP contribution in [0.2, 0.25) is 0 Å². The van der Waals surface area contributed by atoms with Gasteiger partial charge in [-0.1, -0.05) is 0 Å².